The van der Waals surface area contributed by atoms with Crippen molar-refractivity contribution in [1.82, 2.24) is 0 Å². The van der Waals surface area contributed by atoms with Gasteiger partial charge in [0.05, 0.1) is 0 Å². The predicted octanol–water partition coefficient (Wildman–Crippen LogP) is 2.82. The number of hydrogen-bond donors (Lipinski definition) is 1. The van der Waals surface area contributed by atoms with Gasteiger partial charge in [-0.1, -0.05) is 31.4 Å². The molecule has 15 heavy (non-hydrogen) atoms. The zero-order valence-electron chi connectivity index (χ0n) is 9.85. The first-order valence-electron chi connectivity index (χ1n) is 5.94. The number of nitrogens with two attached hydrogens (primary N) is 1. The lowest BCUT2D eigenvalue weighted by Gasteiger charge is -2.35. The van der Waals surface area contributed by atoms with Crippen LogP contribution >= 0.6 is 0 Å². The number of Topliss-reactive ketones (excluding diaryl/α,β-unsaturated/α-hetero) is 1. The molecule has 0 aliphatic heterocycles. The van der Waals surface area contributed by atoms with Gasteiger partial charge in [0.1, 0.15) is 5.78 Å². The molecule has 0 radical (unpaired) electrons. The molecule has 0 unspecified atom stereocenters. The average molecular weight is 209 g/mol. The quantitative estimate of drug-likeness (QED) is 0.707. The molecular weight excluding hydrogens is 186 g/mol. The van der Waals surface area contributed by atoms with Crippen LogP contribution in [0.5, 0.6) is 0 Å². The van der Waals surface area contributed by atoms with Crippen LogP contribution in [0.25, 0.3) is 0 Å². The van der Waals surface area contributed by atoms with E-state index in [-0.39, 0.29) is 5.41 Å². The lowest BCUT2D eigenvalue weighted by Crippen LogP contribution is -2.35. The Morgan fingerprint density at radius 1 is 1.33 bits per heavy atom. The van der Waals surface area contributed by atoms with Gasteiger partial charge in [-0.05, 0) is 31.7 Å². The van der Waals surface area contributed by atoms with Crippen LogP contribution in [0.1, 0.15) is 51.9 Å². The monoisotopic (exact) mass is 209 g/mol. The van der Waals surface area contributed by atoms with Crippen LogP contribution in [-0.2, 0) is 4.79 Å². The summed E-state index contributed by atoms with van der Waals surface area (Å²) in [5.74, 6) is 0.315. The smallest absolute Gasteiger partial charge is 0.137 e. The van der Waals surface area contributed by atoms with Gasteiger partial charge in [-0.2, -0.15) is 0 Å². The first kappa shape index (κ1) is 12.4. The van der Waals surface area contributed by atoms with Crippen molar-refractivity contribution >= 4 is 5.78 Å². The summed E-state index contributed by atoms with van der Waals surface area (Å²) in [5.41, 5.74) is 6.92. The summed E-state index contributed by atoms with van der Waals surface area (Å²) < 4.78 is 0. The van der Waals surface area contributed by atoms with Gasteiger partial charge in [-0.3, -0.25) is 4.79 Å². The molecule has 1 saturated carbocycles. The summed E-state index contributed by atoms with van der Waals surface area (Å²) in [4.78, 5) is 11.8. The van der Waals surface area contributed by atoms with Gasteiger partial charge in [0.2, 0.25) is 0 Å². The van der Waals surface area contributed by atoms with Gasteiger partial charge in [0, 0.05) is 12.8 Å². The standard InChI is InChI=1S/C13H23NO/c1-11(2)8-12(15)9-13(10-14)6-4-3-5-7-13/h1,3-10,14H2,2H3. The van der Waals surface area contributed by atoms with Crippen LogP contribution in [-0.4, -0.2) is 12.3 Å². The van der Waals surface area contributed by atoms with E-state index in [2.05, 4.69) is 6.58 Å². The number of rotatable bonds is 5. The van der Waals surface area contributed by atoms with E-state index in [0.29, 0.717) is 25.2 Å². The second-order valence-corrected chi connectivity index (χ2v) is 5.11. The van der Waals surface area contributed by atoms with E-state index >= 15 is 0 Å². The molecule has 86 valence electrons. The average Bonchev–Trinajstić information content (AvgIpc) is 2.17. The van der Waals surface area contributed by atoms with E-state index < -0.39 is 0 Å². The maximum Gasteiger partial charge on any atom is 0.137 e. The minimum Gasteiger partial charge on any atom is -0.330 e. The van der Waals surface area contributed by atoms with Crippen molar-refractivity contribution in [2.24, 2.45) is 11.1 Å². The lowest BCUT2D eigenvalue weighted by atomic mass is 9.70. The summed E-state index contributed by atoms with van der Waals surface area (Å²) >= 11 is 0. The highest BCUT2D eigenvalue weighted by atomic mass is 16.1. The lowest BCUT2D eigenvalue weighted by molar-refractivity contribution is -0.121. The molecule has 1 rings (SSSR count). The van der Waals surface area contributed by atoms with E-state index in [1.165, 1.54) is 19.3 Å². The molecule has 1 fully saturated rings. The third kappa shape index (κ3) is 3.78. The number of carbonyl (C=O) groups excluding carboxylic acids is 1. The third-order valence-electron chi connectivity index (χ3n) is 3.42. The number of ketones is 1. The van der Waals surface area contributed by atoms with Crippen molar-refractivity contribution in [2.45, 2.75) is 51.9 Å². The number of allylic oxidation sites excluding steroid dienone is 1. The van der Waals surface area contributed by atoms with E-state index in [1.807, 2.05) is 6.92 Å². The Morgan fingerprint density at radius 3 is 2.40 bits per heavy atom. The van der Waals surface area contributed by atoms with Crippen molar-refractivity contribution in [1.29, 1.82) is 0 Å². The van der Waals surface area contributed by atoms with E-state index in [4.69, 9.17) is 5.73 Å². The Labute approximate surface area is 92.9 Å². The molecule has 0 aromatic heterocycles. The molecule has 0 aromatic rings. The normalized spacial score (nSPS) is 19.9. The topological polar surface area (TPSA) is 43.1 Å². The molecular formula is C13H23NO. The van der Waals surface area contributed by atoms with Gasteiger partial charge in [-0.25, -0.2) is 0 Å². The third-order valence-corrected chi connectivity index (χ3v) is 3.42. The summed E-state index contributed by atoms with van der Waals surface area (Å²) in [6.07, 6.45) is 7.22. The predicted molar refractivity (Wildman–Crippen MR) is 63.6 cm³/mol. The van der Waals surface area contributed by atoms with Crippen LogP contribution in [0.15, 0.2) is 12.2 Å². The molecule has 0 bridgehead atoms. The Hall–Kier alpha value is -0.630. The minimum atomic E-state index is 0.116. The van der Waals surface area contributed by atoms with Crippen LogP contribution in [0.4, 0.5) is 0 Å². The number of hydrogen-bond acceptors (Lipinski definition) is 2. The van der Waals surface area contributed by atoms with Crippen molar-refractivity contribution in [2.75, 3.05) is 6.54 Å². The molecule has 0 spiro atoms. The van der Waals surface area contributed by atoms with Gasteiger partial charge in [0.25, 0.3) is 0 Å². The van der Waals surface area contributed by atoms with Gasteiger partial charge in [-0.15, -0.1) is 0 Å². The molecule has 2 heteroatoms. The minimum absolute atomic E-state index is 0.116. The fourth-order valence-corrected chi connectivity index (χ4v) is 2.57. The van der Waals surface area contributed by atoms with Crippen molar-refractivity contribution in [3.8, 4) is 0 Å². The Balaban J connectivity index is 2.51. The van der Waals surface area contributed by atoms with Crippen LogP contribution in [0.2, 0.25) is 0 Å². The van der Waals surface area contributed by atoms with E-state index in [0.717, 1.165) is 18.4 Å². The molecule has 2 N–H and O–H groups in total. The largest absolute Gasteiger partial charge is 0.330 e. The second kappa shape index (κ2) is 5.45. The van der Waals surface area contributed by atoms with Crippen LogP contribution in [0.3, 0.4) is 0 Å². The summed E-state index contributed by atoms with van der Waals surface area (Å²) in [6.45, 7) is 6.36. The highest BCUT2D eigenvalue weighted by Gasteiger charge is 2.32. The number of carbonyl (C=O) groups is 1. The van der Waals surface area contributed by atoms with Crippen LogP contribution < -0.4 is 5.73 Å². The molecule has 0 atom stereocenters. The summed E-state index contributed by atoms with van der Waals surface area (Å²) in [6, 6.07) is 0. The molecule has 0 amide bonds. The van der Waals surface area contributed by atoms with Crippen molar-refractivity contribution < 1.29 is 4.79 Å². The highest BCUT2D eigenvalue weighted by Crippen LogP contribution is 2.38. The zero-order valence-corrected chi connectivity index (χ0v) is 9.85. The fourth-order valence-electron chi connectivity index (χ4n) is 2.57. The Kier molecular flexibility index (Phi) is 4.52. The van der Waals surface area contributed by atoms with Gasteiger partial charge < -0.3 is 5.73 Å². The Morgan fingerprint density at radius 2 is 1.93 bits per heavy atom. The first-order valence-corrected chi connectivity index (χ1v) is 5.94. The fraction of sp³-hybridized carbons (Fsp3) is 0.769. The second-order valence-electron chi connectivity index (χ2n) is 5.11. The molecule has 2 nitrogen and oxygen atoms in total. The maximum atomic E-state index is 11.8. The highest BCUT2D eigenvalue weighted by molar-refractivity contribution is 5.81. The molecule has 1 aliphatic rings. The SMILES string of the molecule is C=C(C)CC(=O)CC1(CN)CCCCC1. The van der Waals surface area contributed by atoms with Gasteiger partial charge in [0.15, 0.2) is 0 Å². The van der Waals surface area contributed by atoms with Crippen LogP contribution in [0, 0.1) is 5.41 Å². The Bertz CT molecular complexity index is 239. The van der Waals surface area contributed by atoms with Crippen molar-refractivity contribution in [3.05, 3.63) is 12.2 Å². The molecule has 0 saturated heterocycles. The van der Waals surface area contributed by atoms with Crippen molar-refractivity contribution in [3.63, 3.8) is 0 Å². The molecule has 1 aliphatic carbocycles. The maximum absolute atomic E-state index is 11.8. The first-order chi connectivity index (χ1) is 7.08. The van der Waals surface area contributed by atoms with Gasteiger partial charge >= 0.3 is 0 Å². The van der Waals surface area contributed by atoms with E-state index in [1.54, 1.807) is 0 Å². The zero-order chi connectivity index (χ0) is 11.3. The van der Waals surface area contributed by atoms with E-state index in [9.17, 15) is 4.79 Å². The summed E-state index contributed by atoms with van der Waals surface area (Å²) in [5, 5.41) is 0. The summed E-state index contributed by atoms with van der Waals surface area (Å²) in [7, 11) is 0. The molecule has 0 heterocycles. The molecule has 0 aromatic carbocycles.